The van der Waals surface area contributed by atoms with Crippen molar-refractivity contribution in [1.82, 2.24) is 15.0 Å². The molecule has 0 radical (unpaired) electrons. The molecule has 2 aromatic heterocycles. The first-order valence-electron chi connectivity index (χ1n) is 6.56. The zero-order valence-corrected chi connectivity index (χ0v) is 11.0. The van der Waals surface area contributed by atoms with Gasteiger partial charge in [0.05, 0.1) is 24.1 Å². The number of pyridine rings is 1. The quantitative estimate of drug-likeness (QED) is 0.911. The van der Waals surface area contributed by atoms with Crippen molar-refractivity contribution in [3.05, 3.63) is 42.5 Å². The molecule has 1 atom stereocenters. The van der Waals surface area contributed by atoms with Gasteiger partial charge < -0.3 is 10.2 Å². The van der Waals surface area contributed by atoms with Gasteiger partial charge in [0, 0.05) is 19.8 Å². The Morgan fingerprint density at radius 2 is 2.26 bits per heavy atom. The minimum atomic E-state index is 0.274. The van der Waals surface area contributed by atoms with E-state index >= 15 is 0 Å². The smallest absolute Gasteiger partial charge is 0.144 e. The Kier molecular flexibility index (Phi) is 3.27. The molecule has 3 rings (SSSR count). The molecule has 1 unspecified atom stereocenters. The van der Waals surface area contributed by atoms with E-state index in [-0.39, 0.29) is 6.04 Å². The van der Waals surface area contributed by atoms with Crippen molar-refractivity contribution >= 4 is 11.6 Å². The number of aromatic nitrogens is 3. The van der Waals surface area contributed by atoms with E-state index in [1.54, 1.807) is 6.20 Å². The van der Waals surface area contributed by atoms with Gasteiger partial charge in [-0.3, -0.25) is 4.98 Å². The van der Waals surface area contributed by atoms with Crippen LogP contribution in [-0.2, 0) is 0 Å². The van der Waals surface area contributed by atoms with E-state index in [1.807, 2.05) is 37.6 Å². The number of rotatable bonds is 3. The Morgan fingerprint density at radius 1 is 1.32 bits per heavy atom. The fourth-order valence-corrected chi connectivity index (χ4v) is 2.53. The number of anilines is 2. The standard InChI is InChI=1S/C14H17N5/c1-15-13-10-16-9-11(18-13)12-5-4-8-19(12)14-6-2-3-7-17-14/h2-3,6-7,9-10,12H,4-5,8H2,1H3,(H,15,18). The summed E-state index contributed by atoms with van der Waals surface area (Å²) >= 11 is 0. The second-order valence-corrected chi connectivity index (χ2v) is 4.62. The molecule has 0 aliphatic carbocycles. The van der Waals surface area contributed by atoms with Crippen LogP contribution in [0.2, 0.25) is 0 Å². The van der Waals surface area contributed by atoms with Crippen molar-refractivity contribution < 1.29 is 0 Å². The van der Waals surface area contributed by atoms with E-state index in [0.717, 1.165) is 36.7 Å². The largest absolute Gasteiger partial charge is 0.372 e. The maximum atomic E-state index is 4.61. The van der Waals surface area contributed by atoms with Crippen molar-refractivity contribution in [2.24, 2.45) is 0 Å². The molecule has 1 saturated heterocycles. The van der Waals surface area contributed by atoms with Crippen LogP contribution in [0, 0.1) is 0 Å². The van der Waals surface area contributed by atoms with Gasteiger partial charge in [-0.2, -0.15) is 0 Å². The van der Waals surface area contributed by atoms with Crippen molar-refractivity contribution in [2.75, 3.05) is 23.8 Å². The molecule has 3 heterocycles. The van der Waals surface area contributed by atoms with E-state index < -0.39 is 0 Å². The minimum absolute atomic E-state index is 0.274. The zero-order chi connectivity index (χ0) is 13.1. The molecule has 5 heteroatoms. The molecule has 19 heavy (non-hydrogen) atoms. The summed E-state index contributed by atoms with van der Waals surface area (Å²) in [6, 6.07) is 6.28. The Balaban J connectivity index is 1.90. The van der Waals surface area contributed by atoms with Crippen molar-refractivity contribution in [3.63, 3.8) is 0 Å². The van der Waals surface area contributed by atoms with E-state index in [2.05, 4.69) is 25.2 Å². The second kappa shape index (κ2) is 5.22. The van der Waals surface area contributed by atoms with Crippen LogP contribution in [0.15, 0.2) is 36.8 Å². The zero-order valence-electron chi connectivity index (χ0n) is 11.0. The molecule has 0 aromatic carbocycles. The fraction of sp³-hybridized carbons (Fsp3) is 0.357. The lowest BCUT2D eigenvalue weighted by atomic mass is 10.1. The van der Waals surface area contributed by atoms with Crippen molar-refractivity contribution in [2.45, 2.75) is 18.9 Å². The molecule has 1 aliphatic heterocycles. The first-order valence-corrected chi connectivity index (χ1v) is 6.56. The Hall–Kier alpha value is -2.17. The van der Waals surface area contributed by atoms with E-state index in [4.69, 9.17) is 0 Å². The molecular weight excluding hydrogens is 238 g/mol. The number of nitrogens with zero attached hydrogens (tertiary/aromatic N) is 4. The molecule has 0 bridgehead atoms. The van der Waals surface area contributed by atoms with Gasteiger partial charge in [-0.25, -0.2) is 9.97 Å². The van der Waals surface area contributed by atoms with Gasteiger partial charge >= 0.3 is 0 Å². The van der Waals surface area contributed by atoms with Gasteiger partial charge in [-0.05, 0) is 25.0 Å². The Labute approximate surface area is 112 Å². The van der Waals surface area contributed by atoms with Crippen molar-refractivity contribution in [1.29, 1.82) is 0 Å². The van der Waals surface area contributed by atoms with Crippen LogP contribution in [-0.4, -0.2) is 28.5 Å². The Bertz CT molecular complexity index is 543. The molecule has 0 saturated carbocycles. The summed E-state index contributed by atoms with van der Waals surface area (Å²) in [7, 11) is 1.86. The third-order valence-corrected chi connectivity index (χ3v) is 3.45. The molecule has 2 aromatic rings. The Morgan fingerprint density at radius 3 is 3.05 bits per heavy atom. The van der Waals surface area contributed by atoms with Crippen LogP contribution in [0.3, 0.4) is 0 Å². The lowest BCUT2D eigenvalue weighted by Crippen LogP contribution is -2.24. The molecule has 1 fully saturated rings. The SMILES string of the molecule is CNc1cncc(C2CCCN2c2ccccn2)n1. The van der Waals surface area contributed by atoms with Crippen LogP contribution in [0.1, 0.15) is 24.6 Å². The fourth-order valence-electron chi connectivity index (χ4n) is 2.53. The molecule has 1 aliphatic rings. The topological polar surface area (TPSA) is 53.9 Å². The predicted molar refractivity (Wildman–Crippen MR) is 75.1 cm³/mol. The monoisotopic (exact) mass is 255 g/mol. The lowest BCUT2D eigenvalue weighted by Gasteiger charge is -2.25. The molecule has 0 amide bonds. The van der Waals surface area contributed by atoms with Crippen LogP contribution in [0.5, 0.6) is 0 Å². The van der Waals surface area contributed by atoms with Crippen LogP contribution < -0.4 is 10.2 Å². The maximum absolute atomic E-state index is 4.61. The highest BCUT2D eigenvalue weighted by molar-refractivity contribution is 5.43. The maximum Gasteiger partial charge on any atom is 0.144 e. The number of hydrogen-bond donors (Lipinski definition) is 1. The molecule has 5 nitrogen and oxygen atoms in total. The third kappa shape index (κ3) is 2.36. The molecule has 0 spiro atoms. The molecule has 98 valence electrons. The van der Waals surface area contributed by atoms with Crippen LogP contribution >= 0.6 is 0 Å². The summed E-state index contributed by atoms with van der Waals surface area (Å²) in [4.78, 5) is 15.6. The van der Waals surface area contributed by atoms with E-state index in [9.17, 15) is 0 Å². The lowest BCUT2D eigenvalue weighted by molar-refractivity contribution is 0.684. The normalized spacial score (nSPS) is 18.6. The second-order valence-electron chi connectivity index (χ2n) is 4.62. The summed E-state index contributed by atoms with van der Waals surface area (Å²) in [5, 5.41) is 3.04. The minimum Gasteiger partial charge on any atom is -0.372 e. The number of nitrogens with one attached hydrogen (secondary N) is 1. The van der Waals surface area contributed by atoms with Gasteiger partial charge in [-0.15, -0.1) is 0 Å². The van der Waals surface area contributed by atoms with Gasteiger partial charge in [0.2, 0.25) is 0 Å². The van der Waals surface area contributed by atoms with E-state index in [0.29, 0.717) is 0 Å². The van der Waals surface area contributed by atoms with Crippen molar-refractivity contribution in [3.8, 4) is 0 Å². The highest BCUT2D eigenvalue weighted by Crippen LogP contribution is 2.34. The average Bonchev–Trinajstić information content (AvgIpc) is 2.98. The van der Waals surface area contributed by atoms with E-state index in [1.165, 1.54) is 0 Å². The van der Waals surface area contributed by atoms with Crippen LogP contribution in [0.25, 0.3) is 0 Å². The first kappa shape index (κ1) is 11.9. The van der Waals surface area contributed by atoms with Gasteiger partial charge in [-0.1, -0.05) is 6.07 Å². The molecular formula is C14H17N5. The summed E-state index contributed by atoms with van der Waals surface area (Å²) < 4.78 is 0. The highest BCUT2D eigenvalue weighted by atomic mass is 15.2. The summed E-state index contributed by atoms with van der Waals surface area (Å²) in [5.74, 6) is 1.83. The summed E-state index contributed by atoms with van der Waals surface area (Å²) in [6.07, 6.45) is 7.68. The summed E-state index contributed by atoms with van der Waals surface area (Å²) in [5.41, 5.74) is 1.01. The van der Waals surface area contributed by atoms with Crippen LogP contribution in [0.4, 0.5) is 11.6 Å². The van der Waals surface area contributed by atoms with Gasteiger partial charge in [0.25, 0.3) is 0 Å². The first-order chi connectivity index (χ1) is 9.38. The summed E-state index contributed by atoms with van der Waals surface area (Å²) in [6.45, 7) is 1.02. The third-order valence-electron chi connectivity index (χ3n) is 3.45. The predicted octanol–water partition coefficient (Wildman–Crippen LogP) is 2.25. The van der Waals surface area contributed by atoms with Gasteiger partial charge in [0.15, 0.2) is 0 Å². The number of hydrogen-bond acceptors (Lipinski definition) is 5. The average molecular weight is 255 g/mol. The van der Waals surface area contributed by atoms with Gasteiger partial charge in [0.1, 0.15) is 11.6 Å². The molecule has 1 N–H and O–H groups in total. The highest BCUT2D eigenvalue weighted by Gasteiger charge is 2.28.